The molecule has 126 valence electrons. The summed E-state index contributed by atoms with van der Waals surface area (Å²) in [5, 5.41) is 14.1. The van der Waals surface area contributed by atoms with Gasteiger partial charge in [0.15, 0.2) is 0 Å². The molecule has 6 heteroatoms. The number of hydrogen-bond donors (Lipinski definition) is 1. The first-order valence-electron chi connectivity index (χ1n) is 8.43. The van der Waals surface area contributed by atoms with Crippen LogP contribution in [0.15, 0.2) is 60.9 Å². The highest BCUT2D eigenvalue weighted by atomic mass is 16.1. The van der Waals surface area contributed by atoms with Crippen LogP contribution in [-0.4, -0.2) is 32.7 Å². The Labute approximate surface area is 145 Å². The zero-order chi connectivity index (χ0) is 17.1. The lowest BCUT2D eigenvalue weighted by Gasteiger charge is -2.06. The van der Waals surface area contributed by atoms with Crippen molar-refractivity contribution in [1.29, 1.82) is 0 Å². The van der Waals surface area contributed by atoms with E-state index in [2.05, 4.69) is 45.1 Å². The van der Waals surface area contributed by atoms with Crippen molar-refractivity contribution in [3.63, 3.8) is 0 Å². The number of benzene rings is 2. The van der Waals surface area contributed by atoms with Gasteiger partial charge in [-0.1, -0.05) is 42.5 Å². The molecule has 0 radical (unpaired) electrons. The molecule has 0 aliphatic heterocycles. The summed E-state index contributed by atoms with van der Waals surface area (Å²) in [6.07, 6.45) is 3.09. The van der Waals surface area contributed by atoms with Crippen LogP contribution in [0.5, 0.6) is 0 Å². The minimum Gasteiger partial charge on any atom is -0.356 e. The first-order chi connectivity index (χ1) is 12.3. The number of hydrogen-bond acceptors (Lipinski definition) is 4. The quantitative estimate of drug-likeness (QED) is 0.750. The monoisotopic (exact) mass is 333 g/mol. The van der Waals surface area contributed by atoms with E-state index >= 15 is 0 Å². The molecule has 0 saturated heterocycles. The molecule has 1 heterocycles. The molecule has 0 unspecified atom stereocenters. The summed E-state index contributed by atoms with van der Waals surface area (Å²) in [5.41, 5.74) is 3.22. The van der Waals surface area contributed by atoms with Gasteiger partial charge in [-0.15, -0.1) is 5.10 Å². The molecule has 1 aliphatic rings. The van der Waals surface area contributed by atoms with Gasteiger partial charge in [0.2, 0.25) is 5.91 Å². The van der Waals surface area contributed by atoms with Crippen molar-refractivity contribution >= 4 is 5.91 Å². The molecule has 1 saturated carbocycles. The fourth-order valence-electron chi connectivity index (χ4n) is 3.12. The lowest BCUT2D eigenvalue weighted by molar-refractivity contribution is -0.120. The fourth-order valence-corrected chi connectivity index (χ4v) is 3.12. The van der Waals surface area contributed by atoms with E-state index in [4.69, 9.17) is 0 Å². The second-order valence-corrected chi connectivity index (χ2v) is 6.41. The van der Waals surface area contributed by atoms with E-state index in [9.17, 15) is 4.79 Å². The van der Waals surface area contributed by atoms with Crippen LogP contribution in [0, 0.1) is 5.92 Å². The number of tetrazole rings is 1. The van der Waals surface area contributed by atoms with Crippen molar-refractivity contribution in [2.24, 2.45) is 5.92 Å². The van der Waals surface area contributed by atoms with Crippen LogP contribution in [0.25, 0.3) is 5.69 Å². The van der Waals surface area contributed by atoms with Gasteiger partial charge < -0.3 is 5.32 Å². The van der Waals surface area contributed by atoms with Crippen molar-refractivity contribution < 1.29 is 4.79 Å². The molecular formula is C19H19N5O. The molecule has 1 N–H and O–H groups in total. The van der Waals surface area contributed by atoms with Crippen LogP contribution >= 0.6 is 0 Å². The SMILES string of the molecule is O=C(Cc1ccc(-n2cnnn2)cc1)NC[C@H]1C[C@H]1c1ccccc1. The van der Waals surface area contributed by atoms with Gasteiger partial charge in [0.25, 0.3) is 0 Å². The highest BCUT2D eigenvalue weighted by Crippen LogP contribution is 2.46. The predicted molar refractivity (Wildman–Crippen MR) is 93.2 cm³/mol. The average Bonchev–Trinajstić information content (AvgIpc) is 3.23. The minimum absolute atomic E-state index is 0.0638. The van der Waals surface area contributed by atoms with Crippen molar-refractivity contribution in [1.82, 2.24) is 25.5 Å². The van der Waals surface area contributed by atoms with Crippen molar-refractivity contribution in [2.75, 3.05) is 6.54 Å². The maximum Gasteiger partial charge on any atom is 0.224 e. The Morgan fingerprint density at radius 2 is 1.92 bits per heavy atom. The highest BCUT2D eigenvalue weighted by Gasteiger charge is 2.37. The second kappa shape index (κ2) is 6.84. The first-order valence-corrected chi connectivity index (χ1v) is 8.43. The van der Waals surface area contributed by atoms with Gasteiger partial charge in [0.05, 0.1) is 12.1 Å². The molecule has 2 aromatic carbocycles. The van der Waals surface area contributed by atoms with Gasteiger partial charge in [0, 0.05) is 6.54 Å². The molecule has 6 nitrogen and oxygen atoms in total. The molecule has 1 amide bonds. The largest absolute Gasteiger partial charge is 0.356 e. The van der Waals surface area contributed by atoms with Gasteiger partial charge >= 0.3 is 0 Å². The Bertz CT molecular complexity index is 830. The van der Waals surface area contributed by atoms with Crippen LogP contribution in [0.2, 0.25) is 0 Å². The maximum absolute atomic E-state index is 12.2. The van der Waals surface area contributed by atoms with Gasteiger partial charge in [-0.2, -0.15) is 0 Å². The van der Waals surface area contributed by atoms with E-state index in [1.807, 2.05) is 30.3 Å². The lowest BCUT2D eigenvalue weighted by Crippen LogP contribution is -2.27. The van der Waals surface area contributed by atoms with Crippen LogP contribution in [0.1, 0.15) is 23.5 Å². The van der Waals surface area contributed by atoms with Gasteiger partial charge in [-0.3, -0.25) is 4.79 Å². The summed E-state index contributed by atoms with van der Waals surface area (Å²) in [6.45, 7) is 0.751. The molecule has 0 spiro atoms. The summed E-state index contributed by atoms with van der Waals surface area (Å²) in [4.78, 5) is 12.2. The number of amides is 1. The van der Waals surface area contributed by atoms with Crippen LogP contribution in [0.3, 0.4) is 0 Å². The van der Waals surface area contributed by atoms with Gasteiger partial charge in [0.1, 0.15) is 6.33 Å². The molecule has 25 heavy (non-hydrogen) atoms. The number of carbonyl (C=O) groups is 1. The standard InChI is InChI=1S/C19H19N5O/c25-19(20-12-16-11-18(16)15-4-2-1-3-5-15)10-14-6-8-17(9-7-14)24-13-21-22-23-24/h1-9,13,16,18H,10-12H2,(H,20,25)/t16-,18+/m1/s1. The molecule has 1 aromatic heterocycles. The average molecular weight is 333 g/mol. The number of nitrogens with zero attached hydrogens (tertiary/aromatic N) is 4. The summed E-state index contributed by atoms with van der Waals surface area (Å²) in [6, 6.07) is 18.2. The zero-order valence-electron chi connectivity index (χ0n) is 13.7. The molecule has 0 bridgehead atoms. The van der Waals surface area contributed by atoms with E-state index in [0.717, 1.165) is 24.2 Å². The Morgan fingerprint density at radius 1 is 1.12 bits per heavy atom. The summed E-state index contributed by atoms with van der Waals surface area (Å²) < 4.78 is 1.58. The maximum atomic E-state index is 12.2. The van der Waals surface area contributed by atoms with E-state index in [1.165, 1.54) is 5.56 Å². The molecule has 1 fully saturated rings. The second-order valence-electron chi connectivity index (χ2n) is 6.41. The molecular weight excluding hydrogens is 314 g/mol. The van der Waals surface area contributed by atoms with E-state index < -0.39 is 0 Å². The van der Waals surface area contributed by atoms with Gasteiger partial charge in [-0.05, 0) is 51.9 Å². The van der Waals surface area contributed by atoms with Crippen molar-refractivity contribution in [3.8, 4) is 5.69 Å². The summed E-state index contributed by atoms with van der Waals surface area (Å²) in [7, 11) is 0. The van der Waals surface area contributed by atoms with E-state index in [1.54, 1.807) is 11.0 Å². The lowest BCUT2D eigenvalue weighted by atomic mass is 10.1. The van der Waals surface area contributed by atoms with E-state index in [-0.39, 0.29) is 5.91 Å². The topological polar surface area (TPSA) is 72.7 Å². The minimum atomic E-state index is 0.0638. The fraction of sp³-hybridized carbons (Fsp3) is 0.263. The van der Waals surface area contributed by atoms with E-state index in [0.29, 0.717) is 18.3 Å². The predicted octanol–water partition coefficient (Wildman–Crippen LogP) is 2.12. The van der Waals surface area contributed by atoms with Crippen LogP contribution in [-0.2, 0) is 11.2 Å². The Balaban J connectivity index is 1.26. The third kappa shape index (κ3) is 3.74. The Kier molecular flexibility index (Phi) is 4.24. The number of aromatic nitrogens is 4. The van der Waals surface area contributed by atoms with Gasteiger partial charge in [-0.25, -0.2) is 4.68 Å². The molecule has 1 aliphatic carbocycles. The summed E-state index contributed by atoms with van der Waals surface area (Å²) in [5.74, 6) is 1.22. The first kappa shape index (κ1) is 15.5. The third-order valence-electron chi connectivity index (χ3n) is 4.63. The number of nitrogens with one attached hydrogen (secondary N) is 1. The van der Waals surface area contributed by atoms with Crippen LogP contribution < -0.4 is 5.32 Å². The smallest absolute Gasteiger partial charge is 0.224 e. The van der Waals surface area contributed by atoms with Crippen molar-refractivity contribution in [2.45, 2.75) is 18.8 Å². The third-order valence-corrected chi connectivity index (χ3v) is 4.63. The molecule has 4 rings (SSSR count). The normalized spacial score (nSPS) is 18.7. The summed E-state index contributed by atoms with van der Waals surface area (Å²) >= 11 is 0. The molecule has 2 atom stereocenters. The van der Waals surface area contributed by atoms with Crippen LogP contribution in [0.4, 0.5) is 0 Å². The number of carbonyl (C=O) groups excluding carboxylic acids is 1. The Hall–Kier alpha value is -3.02. The van der Waals surface area contributed by atoms with Crippen molar-refractivity contribution in [3.05, 3.63) is 72.1 Å². The number of rotatable bonds is 6. The highest BCUT2D eigenvalue weighted by molar-refractivity contribution is 5.78. The Morgan fingerprint density at radius 3 is 2.64 bits per heavy atom. The molecule has 3 aromatic rings. The zero-order valence-corrected chi connectivity index (χ0v) is 13.7.